The Hall–Kier alpha value is -1.25. The summed E-state index contributed by atoms with van der Waals surface area (Å²) in [6.45, 7) is 1.20. The molecule has 1 aromatic heterocycles. The van der Waals surface area contributed by atoms with Crippen molar-refractivity contribution < 1.29 is 18.4 Å². The van der Waals surface area contributed by atoms with Gasteiger partial charge in [0.1, 0.15) is 0 Å². The summed E-state index contributed by atoms with van der Waals surface area (Å²) in [6, 6.07) is 0.962. The lowest BCUT2D eigenvalue weighted by Crippen LogP contribution is -2.54. The van der Waals surface area contributed by atoms with E-state index in [9.17, 15) is 18.4 Å². The molecule has 2 aliphatic heterocycles. The topological polar surface area (TPSA) is 52.7 Å². The number of alkyl halides is 2. The second-order valence-corrected chi connectivity index (χ2v) is 6.40. The highest BCUT2D eigenvalue weighted by Gasteiger charge is 2.43. The Morgan fingerprint density at radius 1 is 1.22 bits per heavy atom. The molecule has 1 unspecified atom stereocenters. The van der Waals surface area contributed by atoms with Crippen LogP contribution in [0.25, 0.3) is 0 Å². The Morgan fingerprint density at radius 3 is 2.39 bits per heavy atom. The van der Waals surface area contributed by atoms with Crippen LogP contribution in [0.2, 0.25) is 0 Å². The second kappa shape index (κ2) is 7.11. The molecule has 1 N–H and O–H groups in total. The average Bonchev–Trinajstić information content (AvgIpc) is 3.15. The molecule has 0 bridgehead atoms. The van der Waals surface area contributed by atoms with Gasteiger partial charge in [0.15, 0.2) is 0 Å². The van der Waals surface area contributed by atoms with E-state index in [-0.39, 0.29) is 24.2 Å². The summed E-state index contributed by atoms with van der Waals surface area (Å²) >= 11 is 1.46. The maximum atomic E-state index is 13.2. The van der Waals surface area contributed by atoms with Crippen molar-refractivity contribution in [2.75, 3.05) is 32.7 Å². The van der Waals surface area contributed by atoms with Gasteiger partial charge in [0.2, 0.25) is 5.91 Å². The van der Waals surface area contributed by atoms with Gasteiger partial charge in [-0.3, -0.25) is 14.9 Å². The first-order valence-electron chi connectivity index (χ1n) is 7.18. The Bertz CT molecular complexity index is 562. The van der Waals surface area contributed by atoms with Gasteiger partial charge in [0, 0.05) is 38.0 Å². The number of rotatable bonds is 2. The van der Waals surface area contributed by atoms with Gasteiger partial charge in [-0.25, -0.2) is 8.78 Å². The van der Waals surface area contributed by atoms with Gasteiger partial charge in [-0.05, 0) is 11.4 Å². The van der Waals surface area contributed by atoms with Crippen LogP contribution in [0.5, 0.6) is 0 Å². The lowest BCUT2D eigenvalue weighted by Gasteiger charge is -2.35. The fraction of sp³-hybridized carbons (Fsp3) is 0.571. The Kier molecular flexibility index (Phi) is 5.59. The molecule has 0 spiro atoms. The van der Waals surface area contributed by atoms with Crippen LogP contribution in [0.3, 0.4) is 0 Å². The van der Waals surface area contributed by atoms with Crippen molar-refractivity contribution in [1.29, 1.82) is 0 Å². The van der Waals surface area contributed by atoms with E-state index in [0.717, 1.165) is 0 Å². The summed E-state index contributed by atoms with van der Waals surface area (Å²) in [6.07, 6.45) is -0.445. The van der Waals surface area contributed by atoms with Crippen molar-refractivity contribution in [3.05, 3.63) is 22.4 Å². The van der Waals surface area contributed by atoms with Crippen molar-refractivity contribution in [2.24, 2.45) is 0 Å². The van der Waals surface area contributed by atoms with Crippen LogP contribution in [0.4, 0.5) is 8.78 Å². The van der Waals surface area contributed by atoms with E-state index in [4.69, 9.17) is 0 Å². The second-order valence-electron chi connectivity index (χ2n) is 5.62. The summed E-state index contributed by atoms with van der Waals surface area (Å²) < 4.78 is 26.3. The molecular weight excluding hydrogens is 348 g/mol. The van der Waals surface area contributed by atoms with E-state index < -0.39 is 24.9 Å². The Morgan fingerprint density at radius 2 is 1.87 bits per heavy atom. The van der Waals surface area contributed by atoms with Gasteiger partial charge >= 0.3 is 0 Å². The third kappa shape index (κ3) is 3.99. The third-order valence-electron chi connectivity index (χ3n) is 4.05. The summed E-state index contributed by atoms with van der Waals surface area (Å²) in [7, 11) is 0. The van der Waals surface area contributed by atoms with Crippen LogP contribution in [-0.2, 0) is 4.79 Å². The number of nitrogens with one attached hydrogen (secondary N) is 1. The summed E-state index contributed by atoms with van der Waals surface area (Å²) in [5.74, 6) is -3.14. The Labute approximate surface area is 143 Å². The molecule has 2 amide bonds. The highest BCUT2D eigenvalue weighted by Crippen LogP contribution is 2.26. The molecule has 0 saturated carbocycles. The molecule has 2 fully saturated rings. The van der Waals surface area contributed by atoms with Gasteiger partial charge in [-0.2, -0.15) is 11.3 Å². The first-order chi connectivity index (χ1) is 10.5. The predicted molar refractivity (Wildman–Crippen MR) is 85.4 cm³/mol. The molecule has 5 nitrogen and oxygen atoms in total. The third-order valence-corrected chi connectivity index (χ3v) is 4.74. The maximum absolute atomic E-state index is 13.2. The van der Waals surface area contributed by atoms with Gasteiger partial charge in [-0.15, -0.1) is 12.4 Å². The fourth-order valence-electron chi connectivity index (χ4n) is 2.81. The average molecular weight is 366 g/mol. The lowest BCUT2D eigenvalue weighted by atomic mass is 10.1. The van der Waals surface area contributed by atoms with Crippen molar-refractivity contribution in [3.8, 4) is 0 Å². The van der Waals surface area contributed by atoms with E-state index in [1.54, 1.807) is 21.2 Å². The number of thiophene rings is 1. The van der Waals surface area contributed by atoms with Gasteiger partial charge in [0.05, 0.1) is 18.2 Å². The monoisotopic (exact) mass is 365 g/mol. The van der Waals surface area contributed by atoms with Crippen LogP contribution in [0.1, 0.15) is 16.8 Å². The van der Waals surface area contributed by atoms with Crippen LogP contribution >= 0.6 is 23.7 Å². The molecule has 1 atom stereocenters. The van der Waals surface area contributed by atoms with E-state index in [0.29, 0.717) is 31.7 Å². The Balaban J connectivity index is 0.00000192. The van der Waals surface area contributed by atoms with E-state index in [1.165, 1.54) is 11.3 Å². The minimum absolute atomic E-state index is 0. The first-order valence-corrected chi connectivity index (χ1v) is 8.12. The molecule has 2 saturated heterocycles. The van der Waals surface area contributed by atoms with Gasteiger partial charge < -0.3 is 9.80 Å². The zero-order valence-corrected chi connectivity index (χ0v) is 14.0. The molecule has 3 heterocycles. The molecule has 128 valence electrons. The fourth-order valence-corrected chi connectivity index (χ4v) is 3.44. The van der Waals surface area contributed by atoms with E-state index in [2.05, 4.69) is 5.32 Å². The van der Waals surface area contributed by atoms with Crippen LogP contribution in [0.15, 0.2) is 16.8 Å². The summed E-state index contributed by atoms with van der Waals surface area (Å²) in [5.41, 5.74) is 0.655. The van der Waals surface area contributed by atoms with E-state index in [1.807, 2.05) is 5.38 Å². The zero-order chi connectivity index (χ0) is 15.7. The number of piperazine rings is 1. The first kappa shape index (κ1) is 18.1. The number of hydrogen-bond acceptors (Lipinski definition) is 4. The van der Waals surface area contributed by atoms with Crippen molar-refractivity contribution in [2.45, 2.75) is 18.4 Å². The van der Waals surface area contributed by atoms with Crippen LogP contribution in [0, 0.1) is 0 Å². The van der Waals surface area contributed by atoms with Crippen LogP contribution in [-0.4, -0.2) is 66.3 Å². The largest absolute Gasteiger partial charge is 0.338 e. The van der Waals surface area contributed by atoms with Gasteiger partial charge in [-0.1, -0.05) is 0 Å². The molecule has 9 heteroatoms. The van der Waals surface area contributed by atoms with Crippen molar-refractivity contribution in [3.63, 3.8) is 0 Å². The molecule has 0 aromatic carbocycles. The molecule has 0 radical (unpaired) electrons. The number of carbonyl (C=O) groups excluding carboxylic acids is 2. The smallest absolute Gasteiger partial charge is 0.262 e. The maximum Gasteiger partial charge on any atom is 0.262 e. The minimum atomic E-state index is -2.81. The van der Waals surface area contributed by atoms with Crippen molar-refractivity contribution in [1.82, 2.24) is 15.1 Å². The van der Waals surface area contributed by atoms with Crippen molar-refractivity contribution >= 4 is 35.6 Å². The minimum Gasteiger partial charge on any atom is -0.338 e. The van der Waals surface area contributed by atoms with E-state index >= 15 is 0 Å². The molecule has 2 aliphatic rings. The zero-order valence-electron chi connectivity index (χ0n) is 12.3. The summed E-state index contributed by atoms with van der Waals surface area (Å²) in [5, 5.41) is 6.22. The normalized spacial score (nSPS) is 23.5. The number of hydrogen-bond donors (Lipinski definition) is 1. The number of amides is 2. The molecule has 1 aromatic rings. The summed E-state index contributed by atoms with van der Waals surface area (Å²) in [4.78, 5) is 27.7. The molecule has 23 heavy (non-hydrogen) atoms. The highest BCUT2D eigenvalue weighted by molar-refractivity contribution is 7.08. The standard InChI is InChI=1S/C14H17F2N3O2S.ClH/c15-14(16)7-11(17-9-14)13(21)19-4-2-18(3-5-19)12(20)10-1-6-22-8-10;/h1,6,8,11,17H,2-5,7,9H2;1H. The predicted octanol–water partition coefficient (Wildman–Crippen LogP) is 1.45. The number of nitrogens with zero attached hydrogens (tertiary/aromatic N) is 2. The van der Waals surface area contributed by atoms with Crippen LogP contribution < -0.4 is 5.32 Å². The highest BCUT2D eigenvalue weighted by atomic mass is 35.5. The molecular formula is C14H18ClF2N3O2S. The quantitative estimate of drug-likeness (QED) is 0.863. The van der Waals surface area contributed by atoms with Gasteiger partial charge in [0.25, 0.3) is 11.8 Å². The molecule has 0 aliphatic carbocycles. The molecule has 3 rings (SSSR count). The number of carbonyl (C=O) groups is 2. The number of halogens is 3. The SMILES string of the molecule is Cl.O=C(c1ccsc1)N1CCN(C(=O)C2CC(F)(F)CN2)CC1. The lowest BCUT2D eigenvalue weighted by molar-refractivity contribution is -0.135.